The molecule has 4 heterocycles. The summed E-state index contributed by atoms with van der Waals surface area (Å²) in [6, 6.07) is 26.5. The Hall–Kier alpha value is -5.20. The molecule has 3 N–H and O–H groups in total. The van der Waals surface area contributed by atoms with Gasteiger partial charge in [0.05, 0.1) is 11.2 Å². The fraction of sp³-hybridized carbons (Fsp3) is 0.188. The summed E-state index contributed by atoms with van der Waals surface area (Å²) in [4.78, 5) is 31.5. The third-order valence-corrected chi connectivity index (χ3v) is 7.37. The molecule has 41 heavy (non-hydrogen) atoms. The number of aromatic nitrogens is 4. The quantitative estimate of drug-likeness (QED) is 0.301. The van der Waals surface area contributed by atoms with Gasteiger partial charge in [0, 0.05) is 54.6 Å². The molecule has 6 rings (SSSR count). The number of benzene rings is 2. The van der Waals surface area contributed by atoms with E-state index in [1.165, 1.54) is 5.56 Å². The lowest BCUT2D eigenvalue weighted by Gasteiger charge is -2.32. The van der Waals surface area contributed by atoms with Crippen molar-refractivity contribution in [3.63, 3.8) is 0 Å². The number of fused-ring (bicyclic) bond motifs is 1. The Morgan fingerprint density at radius 3 is 2.49 bits per heavy atom. The molecule has 0 aliphatic carbocycles. The number of carbonyl (C=O) groups is 1. The lowest BCUT2D eigenvalue weighted by molar-refractivity contribution is 0.0995. The van der Waals surface area contributed by atoms with Gasteiger partial charge < -0.3 is 11.1 Å². The minimum atomic E-state index is -0.575. The molecule has 0 radical (unpaired) electrons. The third kappa shape index (κ3) is 5.88. The van der Waals surface area contributed by atoms with Crippen molar-refractivity contribution in [1.82, 2.24) is 24.8 Å². The molecule has 1 aliphatic rings. The van der Waals surface area contributed by atoms with Crippen LogP contribution in [-0.4, -0.2) is 49.9 Å². The van der Waals surface area contributed by atoms with E-state index in [0.29, 0.717) is 17.4 Å². The number of nitrogens with zero attached hydrogens (tertiary/aromatic N) is 6. The van der Waals surface area contributed by atoms with Gasteiger partial charge in [-0.25, -0.2) is 15.0 Å². The summed E-state index contributed by atoms with van der Waals surface area (Å²) in [5.74, 6) is 0.302. The number of hydrogen-bond donors (Lipinski definition) is 2. The smallest absolute Gasteiger partial charge is 0.267 e. The lowest BCUT2D eigenvalue weighted by atomic mass is 9.97. The molecular weight excluding hydrogens is 512 g/mol. The topological polar surface area (TPSA) is 134 Å². The highest BCUT2D eigenvalue weighted by Crippen LogP contribution is 2.33. The standard InChI is InChI=1S/C32H28N8O/c33-18-30-35-13-10-29(39-30)37-25-11-14-40(15-12-25)20-21-6-8-23(9-7-21)31-26(22-4-2-1-3-5-22)16-24-19-36-28(32(34)41)17-27(24)38-31/h1-10,13,16-17,19,25H,11-12,14-15,20H2,(H2,34,41)(H,35,37,39). The number of likely N-dealkylation sites (tertiary alicyclic amines) is 1. The first-order chi connectivity index (χ1) is 20.1. The summed E-state index contributed by atoms with van der Waals surface area (Å²) in [5, 5.41) is 13.3. The zero-order valence-corrected chi connectivity index (χ0v) is 22.4. The normalized spacial score (nSPS) is 14.0. The Bertz CT molecular complexity index is 1740. The molecule has 0 bridgehead atoms. The Morgan fingerprint density at radius 1 is 0.976 bits per heavy atom. The van der Waals surface area contributed by atoms with Crippen molar-refractivity contribution in [1.29, 1.82) is 5.26 Å². The summed E-state index contributed by atoms with van der Waals surface area (Å²) >= 11 is 0. The molecule has 0 spiro atoms. The van der Waals surface area contributed by atoms with E-state index in [9.17, 15) is 4.79 Å². The molecule has 0 atom stereocenters. The average Bonchev–Trinajstić information content (AvgIpc) is 3.02. The number of piperidine rings is 1. The van der Waals surface area contributed by atoms with Crippen LogP contribution in [0.1, 0.15) is 34.7 Å². The fourth-order valence-corrected chi connectivity index (χ4v) is 5.22. The number of nitriles is 1. The third-order valence-electron chi connectivity index (χ3n) is 7.37. The Labute approximate surface area is 237 Å². The van der Waals surface area contributed by atoms with E-state index in [1.54, 1.807) is 24.5 Å². The number of pyridine rings is 2. The van der Waals surface area contributed by atoms with Crippen LogP contribution in [0, 0.1) is 11.3 Å². The SMILES string of the molecule is N#Cc1nccc(NC2CCN(Cc3ccc(-c4nc5cc(C(N)=O)ncc5cc4-c4ccccc4)cc3)CC2)n1. The van der Waals surface area contributed by atoms with E-state index in [4.69, 9.17) is 16.0 Å². The number of rotatable bonds is 7. The summed E-state index contributed by atoms with van der Waals surface area (Å²) in [6.45, 7) is 2.80. The fourth-order valence-electron chi connectivity index (χ4n) is 5.22. The molecule has 9 heteroatoms. The van der Waals surface area contributed by atoms with Gasteiger partial charge in [-0.3, -0.25) is 14.7 Å². The molecule has 1 fully saturated rings. The molecule has 0 saturated carbocycles. The summed E-state index contributed by atoms with van der Waals surface area (Å²) < 4.78 is 0. The zero-order valence-electron chi connectivity index (χ0n) is 22.4. The second kappa shape index (κ2) is 11.5. The number of nitrogens with one attached hydrogen (secondary N) is 1. The van der Waals surface area contributed by atoms with Gasteiger partial charge >= 0.3 is 0 Å². The van der Waals surface area contributed by atoms with Crippen molar-refractivity contribution in [3.8, 4) is 28.5 Å². The van der Waals surface area contributed by atoms with Crippen LogP contribution < -0.4 is 11.1 Å². The van der Waals surface area contributed by atoms with Crippen LogP contribution in [0.25, 0.3) is 33.3 Å². The van der Waals surface area contributed by atoms with E-state index < -0.39 is 5.91 Å². The van der Waals surface area contributed by atoms with Gasteiger partial charge in [-0.1, -0.05) is 54.6 Å². The van der Waals surface area contributed by atoms with E-state index >= 15 is 0 Å². The molecule has 1 amide bonds. The minimum absolute atomic E-state index is 0.179. The zero-order chi connectivity index (χ0) is 28.2. The Balaban J connectivity index is 1.18. The van der Waals surface area contributed by atoms with Crippen LogP contribution in [-0.2, 0) is 6.54 Å². The molecule has 0 unspecified atom stereocenters. The van der Waals surface area contributed by atoms with Gasteiger partial charge in [-0.2, -0.15) is 5.26 Å². The predicted octanol–water partition coefficient (Wildman–Crippen LogP) is 4.80. The molecule has 1 aliphatic heterocycles. The Morgan fingerprint density at radius 2 is 1.76 bits per heavy atom. The number of carbonyl (C=O) groups excluding carboxylic acids is 1. The van der Waals surface area contributed by atoms with Gasteiger partial charge in [0.15, 0.2) is 0 Å². The van der Waals surface area contributed by atoms with Crippen LogP contribution in [0.5, 0.6) is 0 Å². The van der Waals surface area contributed by atoms with Crippen molar-refractivity contribution in [2.24, 2.45) is 5.73 Å². The summed E-state index contributed by atoms with van der Waals surface area (Å²) in [7, 11) is 0. The molecule has 3 aromatic heterocycles. The van der Waals surface area contributed by atoms with Gasteiger partial charge in [-0.05, 0) is 42.2 Å². The second-order valence-electron chi connectivity index (χ2n) is 10.1. The first kappa shape index (κ1) is 26.0. The van der Waals surface area contributed by atoms with Crippen molar-refractivity contribution in [3.05, 3.63) is 102 Å². The maximum atomic E-state index is 11.7. The highest BCUT2D eigenvalue weighted by Gasteiger charge is 2.20. The first-order valence-electron chi connectivity index (χ1n) is 13.5. The Kier molecular flexibility index (Phi) is 7.30. The van der Waals surface area contributed by atoms with E-state index in [2.05, 4.69) is 67.6 Å². The highest BCUT2D eigenvalue weighted by atomic mass is 16.1. The monoisotopic (exact) mass is 540 g/mol. The van der Waals surface area contributed by atoms with Crippen LogP contribution in [0.3, 0.4) is 0 Å². The highest BCUT2D eigenvalue weighted by molar-refractivity contribution is 5.97. The van der Waals surface area contributed by atoms with Crippen molar-refractivity contribution in [2.45, 2.75) is 25.4 Å². The van der Waals surface area contributed by atoms with Gasteiger partial charge in [0.1, 0.15) is 17.6 Å². The van der Waals surface area contributed by atoms with Gasteiger partial charge in [-0.15, -0.1) is 0 Å². The maximum Gasteiger partial charge on any atom is 0.267 e. The summed E-state index contributed by atoms with van der Waals surface area (Å²) in [6.07, 6.45) is 5.25. The average molecular weight is 541 g/mol. The van der Waals surface area contributed by atoms with Crippen molar-refractivity contribution in [2.75, 3.05) is 18.4 Å². The van der Waals surface area contributed by atoms with Gasteiger partial charge in [0.25, 0.3) is 5.91 Å². The first-order valence-corrected chi connectivity index (χ1v) is 13.5. The molecular formula is C32H28N8O. The van der Waals surface area contributed by atoms with E-state index in [0.717, 1.165) is 60.2 Å². The number of amides is 1. The van der Waals surface area contributed by atoms with Crippen molar-refractivity contribution >= 4 is 22.6 Å². The number of nitrogens with two attached hydrogens (primary N) is 1. The largest absolute Gasteiger partial charge is 0.367 e. The molecule has 2 aromatic carbocycles. The number of hydrogen-bond acceptors (Lipinski definition) is 8. The van der Waals surface area contributed by atoms with Gasteiger partial charge in [0.2, 0.25) is 5.82 Å². The summed E-state index contributed by atoms with van der Waals surface area (Å²) in [5.41, 5.74) is 11.5. The lowest BCUT2D eigenvalue weighted by Crippen LogP contribution is -2.38. The maximum absolute atomic E-state index is 11.7. The van der Waals surface area contributed by atoms with E-state index in [-0.39, 0.29) is 11.5 Å². The van der Waals surface area contributed by atoms with E-state index in [1.807, 2.05) is 24.3 Å². The van der Waals surface area contributed by atoms with Crippen molar-refractivity contribution < 1.29 is 4.79 Å². The van der Waals surface area contributed by atoms with Crippen LogP contribution in [0.15, 0.2) is 85.2 Å². The van der Waals surface area contributed by atoms with Crippen LogP contribution in [0.2, 0.25) is 0 Å². The number of anilines is 1. The van der Waals surface area contributed by atoms with Crippen LogP contribution >= 0.6 is 0 Å². The molecule has 9 nitrogen and oxygen atoms in total. The predicted molar refractivity (Wildman–Crippen MR) is 158 cm³/mol. The molecule has 5 aromatic rings. The second-order valence-corrected chi connectivity index (χ2v) is 10.1. The minimum Gasteiger partial charge on any atom is -0.367 e. The molecule has 202 valence electrons. The number of primary amides is 1. The van der Waals surface area contributed by atoms with Crippen LogP contribution in [0.4, 0.5) is 5.82 Å². The molecule has 1 saturated heterocycles.